The molecule has 0 spiro atoms. The van der Waals surface area contributed by atoms with E-state index in [2.05, 4.69) is 0 Å². The van der Waals surface area contributed by atoms with Crippen molar-refractivity contribution < 1.29 is 39.5 Å². The van der Waals surface area contributed by atoms with Crippen molar-refractivity contribution in [1.29, 1.82) is 0 Å². The second-order valence-corrected chi connectivity index (χ2v) is 3.49. The van der Waals surface area contributed by atoms with E-state index in [1.807, 2.05) is 0 Å². The van der Waals surface area contributed by atoms with Crippen LogP contribution in [0.3, 0.4) is 0 Å². The number of rotatable bonds is 2. The quantitative estimate of drug-likeness (QED) is 0.490. The fraction of sp³-hybridized carbons (Fsp3) is 0. The predicted molar refractivity (Wildman–Crippen MR) is 69.5 cm³/mol. The SMILES string of the molecule is O=[N+]([O-])c1ccccc1O.O=[N+]([O-])c1ccccc1O.[Zn]. The summed E-state index contributed by atoms with van der Waals surface area (Å²) in [6.45, 7) is 0. The largest absolute Gasteiger partial charge is 0.502 e. The van der Waals surface area contributed by atoms with Crippen LogP contribution in [-0.2, 0) is 19.5 Å². The number of nitrogens with zero attached hydrogens (tertiary/aromatic N) is 2. The van der Waals surface area contributed by atoms with Crippen LogP contribution in [0, 0.1) is 20.2 Å². The molecule has 0 atom stereocenters. The molecule has 0 bridgehead atoms. The van der Waals surface area contributed by atoms with E-state index in [0.29, 0.717) is 0 Å². The second kappa shape index (κ2) is 8.60. The van der Waals surface area contributed by atoms with Crippen molar-refractivity contribution in [2.75, 3.05) is 0 Å². The number of nitro benzene ring substituents is 2. The van der Waals surface area contributed by atoms with Crippen LogP contribution in [0.15, 0.2) is 48.5 Å². The normalized spacial score (nSPS) is 8.76. The van der Waals surface area contributed by atoms with Gasteiger partial charge < -0.3 is 10.2 Å². The van der Waals surface area contributed by atoms with Crippen molar-refractivity contribution in [2.24, 2.45) is 0 Å². The summed E-state index contributed by atoms with van der Waals surface area (Å²) in [7, 11) is 0. The van der Waals surface area contributed by atoms with Crippen LogP contribution in [0.25, 0.3) is 0 Å². The monoisotopic (exact) mass is 342 g/mol. The first-order valence-corrected chi connectivity index (χ1v) is 5.28. The summed E-state index contributed by atoms with van der Waals surface area (Å²) in [6, 6.07) is 11.1. The van der Waals surface area contributed by atoms with Crippen molar-refractivity contribution in [3.63, 3.8) is 0 Å². The Hall–Kier alpha value is -2.54. The molecule has 9 heteroatoms. The summed E-state index contributed by atoms with van der Waals surface area (Å²) in [5, 5.41) is 37.8. The molecule has 2 aromatic carbocycles. The van der Waals surface area contributed by atoms with Gasteiger partial charge in [-0.1, -0.05) is 24.3 Å². The maximum atomic E-state index is 10.1. The van der Waals surface area contributed by atoms with E-state index in [-0.39, 0.29) is 42.4 Å². The summed E-state index contributed by atoms with van der Waals surface area (Å²) < 4.78 is 0. The van der Waals surface area contributed by atoms with Gasteiger partial charge in [-0.05, 0) is 12.1 Å². The minimum atomic E-state index is -0.630. The molecule has 0 aliphatic rings. The van der Waals surface area contributed by atoms with E-state index >= 15 is 0 Å². The fourth-order valence-electron chi connectivity index (χ4n) is 1.24. The van der Waals surface area contributed by atoms with Crippen LogP contribution < -0.4 is 0 Å². The van der Waals surface area contributed by atoms with Crippen molar-refractivity contribution in [3.8, 4) is 11.5 Å². The van der Waals surface area contributed by atoms with Crippen LogP contribution >= 0.6 is 0 Å². The molecule has 2 aromatic rings. The molecule has 0 saturated carbocycles. The van der Waals surface area contributed by atoms with Gasteiger partial charge in [0.1, 0.15) is 0 Å². The number of nitro groups is 2. The molecule has 8 nitrogen and oxygen atoms in total. The van der Waals surface area contributed by atoms with Gasteiger partial charge in [-0.15, -0.1) is 0 Å². The van der Waals surface area contributed by atoms with Crippen molar-refractivity contribution >= 4 is 11.4 Å². The number of phenols is 2. The van der Waals surface area contributed by atoms with E-state index in [4.69, 9.17) is 10.2 Å². The molecular weight excluding hydrogens is 334 g/mol. The molecule has 0 aromatic heterocycles. The van der Waals surface area contributed by atoms with Gasteiger partial charge in [0.2, 0.25) is 0 Å². The molecule has 0 radical (unpaired) electrons. The molecule has 2 N–H and O–H groups in total. The average Bonchev–Trinajstić information content (AvgIpc) is 2.40. The third-order valence-corrected chi connectivity index (χ3v) is 2.16. The van der Waals surface area contributed by atoms with Gasteiger partial charge in [0, 0.05) is 31.6 Å². The molecule has 0 fully saturated rings. The molecular formula is C12H10N2O6Zn. The van der Waals surface area contributed by atoms with E-state index in [1.165, 1.54) is 48.5 Å². The zero-order chi connectivity index (χ0) is 15.1. The van der Waals surface area contributed by atoms with Crippen molar-refractivity contribution in [2.45, 2.75) is 0 Å². The zero-order valence-electron chi connectivity index (χ0n) is 10.7. The zero-order valence-corrected chi connectivity index (χ0v) is 13.7. The number of hydrogen-bond acceptors (Lipinski definition) is 6. The smallest absolute Gasteiger partial charge is 0.310 e. The summed E-state index contributed by atoms with van der Waals surface area (Å²) in [6.07, 6.45) is 0. The summed E-state index contributed by atoms with van der Waals surface area (Å²) >= 11 is 0. The predicted octanol–water partition coefficient (Wildman–Crippen LogP) is 2.60. The van der Waals surface area contributed by atoms with E-state index in [0.717, 1.165) is 0 Å². The Morgan fingerprint density at radius 1 is 0.714 bits per heavy atom. The molecule has 0 aliphatic carbocycles. The van der Waals surface area contributed by atoms with Gasteiger partial charge in [0.25, 0.3) is 0 Å². The summed E-state index contributed by atoms with van der Waals surface area (Å²) in [5.41, 5.74) is -0.523. The Balaban J connectivity index is 0.000000364. The fourth-order valence-corrected chi connectivity index (χ4v) is 1.24. The standard InChI is InChI=1S/2C6H5NO3.Zn/c2*8-6-4-2-1-3-5(6)7(9)10;/h2*1-4,8H;. The molecule has 2 rings (SSSR count). The van der Waals surface area contributed by atoms with Gasteiger partial charge in [0.05, 0.1) is 9.85 Å². The number of para-hydroxylation sites is 4. The molecule has 0 unspecified atom stereocenters. The van der Waals surface area contributed by atoms with Gasteiger partial charge >= 0.3 is 11.4 Å². The summed E-state index contributed by atoms with van der Waals surface area (Å²) in [5.74, 6) is -0.597. The maximum absolute atomic E-state index is 10.1. The van der Waals surface area contributed by atoms with E-state index < -0.39 is 9.85 Å². The minimum Gasteiger partial charge on any atom is -0.502 e. The van der Waals surface area contributed by atoms with Crippen LogP contribution in [0.5, 0.6) is 11.5 Å². The number of hydrogen-bond donors (Lipinski definition) is 2. The average molecular weight is 344 g/mol. The van der Waals surface area contributed by atoms with Crippen molar-refractivity contribution in [3.05, 3.63) is 68.8 Å². The first kappa shape index (κ1) is 18.5. The van der Waals surface area contributed by atoms with E-state index in [9.17, 15) is 20.2 Å². The van der Waals surface area contributed by atoms with E-state index in [1.54, 1.807) is 0 Å². The van der Waals surface area contributed by atoms with Crippen LogP contribution in [0.4, 0.5) is 11.4 Å². The molecule has 0 saturated heterocycles. The van der Waals surface area contributed by atoms with Gasteiger partial charge in [0.15, 0.2) is 11.5 Å². The number of phenolic OH excluding ortho intramolecular Hbond substituents is 2. The van der Waals surface area contributed by atoms with Gasteiger partial charge in [-0.25, -0.2) is 0 Å². The van der Waals surface area contributed by atoms with Crippen LogP contribution in [0.2, 0.25) is 0 Å². The Morgan fingerprint density at radius 3 is 1.19 bits per heavy atom. The molecule has 0 aliphatic heterocycles. The minimum absolute atomic E-state index is 0. The molecule has 21 heavy (non-hydrogen) atoms. The van der Waals surface area contributed by atoms with Crippen LogP contribution in [-0.4, -0.2) is 20.1 Å². The Kier molecular flexibility index (Phi) is 7.56. The molecule has 0 amide bonds. The summed E-state index contributed by atoms with van der Waals surface area (Å²) in [4.78, 5) is 18.9. The third kappa shape index (κ3) is 5.54. The Morgan fingerprint density at radius 2 is 1.00 bits per heavy atom. The molecule has 106 valence electrons. The first-order valence-electron chi connectivity index (χ1n) is 5.28. The van der Waals surface area contributed by atoms with Gasteiger partial charge in [-0.3, -0.25) is 20.2 Å². The van der Waals surface area contributed by atoms with Crippen LogP contribution in [0.1, 0.15) is 0 Å². The maximum Gasteiger partial charge on any atom is 0.310 e. The second-order valence-electron chi connectivity index (χ2n) is 3.49. The molecule has 0 heterocycles. The van der Waals surface area contributed by atoms with Gasteiger partial charge in [-0.2, -0.15) is 0 Å². The first-order chi connectivity index (χ1) is 9.43. The topological polar surface area (TPSA) is 127 Å². The Labute approximate surface area is 131 Å². The Bertz CT molecular complexity index is 579. The number of benzene rings is 2. The number of aromatic hydroxyl groups is 2. The third-order valence-electron chi connectivity index (χ3n) is 2.16. The van der Waals surface area contributed by atoms with Crippen molar-refractivity contribution in [1.82, 2.24) is 0 Å².